The quantitative estimate of drug-likeness (QED) is 0.739. The van der Waals surface area contributed by atoms with Gasteiger partial charge in [-0.25, -0.2) is 0 Å². The lowest BCUT2D eigenvalue weighted by Crippen LogP contribution is -2.36. The smallest absolute Gasteiger partial charge is 0.124 e. The predicted molar refractivity (Wildman–Crippen MR) is 114 cm³/mol. The molecular weight excluding hydrogens is 364 g/mol. The second kappa shape index (κ2) is 9.61. The first-order valence-corrected chi connectivity index (χ1v) is 10.8. The van der Waals surface area contributed by atoms with E-state index in [0.29, 0.717) is 6.61 Å². The standard InChI is InChI=1S/C24H32N2O3/c1-3-28-23-13-21-12-18(2)29-24(21)14-22(23)16-25-15-19-6-4-5-7-20(19)17-26-8-10-27-11-9-26/h4-7,13-14,18,25H,3,8-12,15-17H2,1-2H3/t18-/m0/s1. The number of hydrogen-bond donors (Lipinski definition) is 1. The molecule has 0 unspecified atom stereocenters. The van der Waals surface area contributed by atoms with Crippen LogP contribution in [0.4, 0.5) is 0 Å². The van der Waals surface area contributed by atoms with Crippen molar-refractivity contribution in [1.29, 1.82) is 0 Å². The van der Waals surface area contributed by atoms with Crippen LogP contribution in [0.3, 0.4) is 0 Å². The zero-order chi connectivity index (χ0) is 20.1. The maximum atomic E-state index is 5.95. The van der Waals surface area contributed by atoms with Crippen LogP contribution in [0.15, 0.2) is 36.4 Å². The Hall–Kier alpha value is -2.08. The number of ether oxygens (including phenoxy) is 3. The highest BCUT2D eigenvalue weighted by Crippen LogP contribution is 2.35. The van der Waals surface area contributed by atoms with Crippen LogP contribution >= 0.6 is 0 Å². The molecule has 2 aliphatic rings. The second-order valence-electron chi connectivity index (χ2n) is 7.89. The highest BCUT2D eigenvalue weighted by atomic mass is 16.5. The lowest BCUT2D eigenvalue weighted by atomic mass is 10.1. The van der Waals surface area contributed by atoms with Crippen LogP contribution < -0.4 is 14.8 Å². The van der Waals surface area contributed by atoms with Crippen molar-refractivity contribution in [1.82, 2.24) is 10.2 Å². The van der Waals surface area contributed by atoms with Gasteiger partial charge in [-0.3, -0.25) is 4.90 Å². The third-order valence-electron chi connectivity index (χ3n) is 5.63. The molecule has 1 atom stereocenters. The van der Waals surface area contributed by atoms with Gasteiger partial charge >= 0.3 is 0 Å². The molecule has 5 heteroatoms. The normalized spacial score (nSPS) is 19.0. The zero-order valence-corrected chi connectivity index (χ0v) is 17.6. The molecule has 0 bridgehead atoms. The highest BCUT2D eigenvalue weighted by Gasteiger charge is 2.21. The summed E-state index contributed by atoms with van der Waals surface area (Å²) in [5.74, 6) is 1.98. The molecule has 156 valence electrons. The van der Waals surface area contributed by atoms with Crippen LogP contribution in [0, 0.1) is 0 Å². The number of hydrogen-bond acceptors (Lipinski definition) is 5. The molecule has 0 aromatic heterocycles. The summed E-state index contributed by atoms with van der Waals surface area (Å²) in [5, 5.41) is 3.62. The van der Waals surface area contributed by atoms with Gasteiger partial charge in [-0.2, -0.15) is 0 Å². The summed E-state index contributed by atoms with van der Waals surface area (Å²) in [4.78, 5) is 2.47. The zero-order valence-electron chi connectivity index (χ0n) is 17.6. The van der Waals surface area contributed by atoms with Crippen molar-refractivity contribution in [3.8, 4) is 11.5 Å². The summed E-state index contributed by atoms with van der Waals surface area (Å²) in [7, 11) is 0. The average molecular weight is 397 g/mol. The van der Waals surface area contributed by atoms with Gasteiger partial charge in [0.25, 0.3) is 0 Å². The fourth-order valence-electron chi connectivity index (χ4n) is 4.13. The number of nitrogens with zero attached hydrogens (tertiary/aromatic N) is 1. The third-order valence-corrected chi connectivity index (χ3v) is 5.63. The van der Waals surface area contributed by atoms with Crippen molar-refractivity contribution in [2.45, 2.75) is 46.0 Å². The summed E-state index contributed by atoms with van der Waals surface area (Å²) >= 11 is 0. The van der Waals surface area contributed by atoms with Gasteiger partial charge in [0.2, 0.25) is 0 Å². The molecule has 0 aliphatic carbocycles. The van der Waals surface area contributed by atoms with Crippen LogP contribution in [0.25, 0.3) is 0 Å². The third kappa shape index (κ3) is 5.10. The van der Waals surface area contributed by atoms with Crippen LogP contribution in [0.2, 0.25) is 0 Å². The van der Waals surface area contributed by atoms with Gasteiger partial charge in [0.15, 0.2) is 0 Å². The molecule has 4 rings (SSSR count). The summed E-state index contributed by atoms with van der Waals surface area (Å²) in [6.07, 6.45) is 1.20. The van der Waals surface area contributed by atoms with E-state index in [9.17, 15) is 0 Å². The van der Waals surface area contributed by atoms with Gasteiger partial charge < -0.3 is 19.5 Å². The highest BCUT2D eigenvalue weighted by molar-refractivity contribution is 5.48. The molecule has 5 nitrogen and oxygen atoms in total. The maximum Gasteiger partial charge on any atom is 0.124 e. The van der Waals surface area contributed by atoms with E-state index in [-0.39, 0.29) is 6.10 Å². The van der Waals surface area contributed by atoms with Gasteiger partial charge in [-0.05, 0) is 37.1 Å². The lowest BCUT2D eigenvalue weighted by Gasteiger charge is -2.27. The molecule has 2 aromatic carbocycles. The number of fused-ring (bicyclic) bond motifs is 1. The van der Waals surface area contributed by atoms with Crippen LogP contribution in [-0.2, 0) is 30.8 Å². The molecular formula is C24H32N2O3. The Labute approximate surface area is 174 Å². The Kier molecular flexibility index (Phi) is 6.70. The Bertz CT molecular complexity index is 818. The van der Waals surface area contributed by atoms with E-state index in [4.69, 9.17) is 14.2 Å². The average Bonchev–Trinajstić information content (AvgIpc) is 3.09. The molecule has 0 saturated carbocycles. The van der Waals surface area contributed by atoms with Gasteiger partial charge in [0.1, 0.15) is 17.6 Å². The summed E-state index contributed by atoms with van der Waals surface area (Å²) in [6, 6.07) is 13.0. The van der Waals surface area contributed by atoms with E-state index < -0.39 is 0 Å². The molecule has 1 N–H and O–H groups in total. The number of morpholine rings is 1. The Morgan fingerprint density at radius 1 is 1.07 bits per heavy atom. The minimum Gasteiger partial charge on any atom is -0.494 e. The number of rotatable bonds is 8. The van der Waals surface area contributed by atoms with E-state index in [0.717, 1.165) is 69.4 Å². The van der Waals surface area contributed by atoms with Crippen molar-refractivity contribution >= 4 is 0 Å². The molecule has 1 saturated heterocycles. The van der Waals surface area contributed by atoms with Crippen molar-refractivity contribution in [2.75, 3.05) is 32.9 Å². The number of benzene rings is 2. The van der Waals surface area contributed by atoms with E-state index in [1.54, 1.807) is 0 Å². The second-order valence-corrected chi connectivity index (χ2v) is 7.89. The van der Waals surface area contributed by atoms with Gasteiger partial charge in [-0.15, -0.1) is 0 Å². The van der Waals surface area contributed by atoms with Crippen LogP contribution in [0.5, 0.6) is 11.5 Å². The fourth-order valence-corrected chi connectivity index (χ4v) is 4.13. The molecule has 0 spiro atoms. The molecule has 1 fully saturated rings. The first-order valence-electron chi connectivity index (χ1n) is 10.8. The monoisotopic (exact) mass is 396 g/mol. The lowest BCUT2D eigenvalue weighted by molar-refractivity contribution is 0.0340. The summed E-state index contributed by atoms with van der Waals surface area (Å²) < 4.78 is 17.3. The maximum absolute atomic E-state index is 5.95. The van der Waals surface area contributed by atoms with Crippen LogP contribution in [0.1, 0.15) is 36.1 Å². The summed E-state index contributed by atoms with van der Waals surface area (Å²) in [5.41, 5.74) is 5.15. The molecule has 0 amide bonds. The van der Waals surface area contributed by atoms with E-state index in [2.05, 4.69) is 53.5 Å². The molecule has 2 aliphatic heterocycles. The topological polar surface area (TPSA) is 43.0 Å². The minimum atomic E-state index is 0.245. The molecule has 2 heterocycles. The van der Waals surface area contributed by atoms with Crippen molar-refractivity contribution in [3.63, 3.8) is 0 Å². The Morgan fingerprint density at radius 3 is 2.62 bits per heavy atom. The molecule has 2 aromatic rings. The van der Waals surface area contributed by atoms with Crippen molar-refractivity contribution < 1.29 is 14.2 Å². The van der Waals surface area contributed by atoms with Crippen molar-refractivity contribution in [2.24, 2.45) is 0 Å². The number of nitrogens with one attached hydrogen (secondary N) is 1. The fraction of sp³-hybridized carbons (Fsp3) is 0.500. The predicted octanol–water partition coefficient (Wildman–Crippen LogP) is 3.53. The van der Waals surface area contributed by atoms with Gasteiger partial charge in [-0.1, -0.05) is 24.3 Å². The van der Waals surface area contributed by atoms with Crippen LogP contribution in [-0.4, -0.2) is 43.9 Å². The van der Waals surface area contributed by atoms with Crippen molar-refractivity contribution in [3.05, 3.63) is 58.7 Å². The van der Waals surface area contributed by atoms with E-state index in [1.807, 2.05) is 6.92 Å². The van der Waals surface area contributed by atoms with Gasteiger partial charge in [0.05, 0.1) is 19.8 Å². The first kappa shape index (κ1) is 20.2. The molecule has 29 heavy (non-hydrogen) atoms. The van der Waals surface area contributed by atoms with E-state index >= 15 is 0 Å². The van der Waals surface area contributed by atoms with Gasteiger partial charge in [0, 0.05) is 50.3 Å². The first-order chi connectivity index (χ1) is 14.2. The SMILES string of the molecule is CCOc1cc2c(cc1CNCc1ccccc1CN1CCOCC1)O[C@@H](C)C2. The Morgan fingerprint density at radius 2 is 1.83 bits per heavy atom. The largest absolute Gasteiger partial charge is 0.494 e. The molecule has 0 radical (unpaired) electrons. The minimum absolute atomic E-state index is 0.245. The van der Waals surface area contributed by atoms with E-state index in [1.165, 1.54) is 16.7 Å². The summed E-state index contributed by atoms with van der Waals surface area (Å²) in [6.45, 7) is 11.1. The Balaban J connectivity index is 1.41.